The smallest absolute Gasteiger partial charge is 0.130 e. The normalized spacial score (nSPS) is 13.9. The predicted octanol–water partition coefficient (Wildman–Crippen LogP) is 3.43. The van der Waals surface area contributed by atoms with Crippen LogP contribution in [-0.2, 0) is 16.6 Å². The van der Waals surface area contributed by atoms with Gasteiger partial charge in [-0.2, -0.15) is 0 Å². The predicted molar refractivity (Wildman–Crippen MR) is 72.8 cm³/mol. The van der Waals surface area contributed by atoms with Crippen LogP contribution in [0.5, 0.6) is 0 Å². The van der Waals surface area contributed by atoms with Crippen LogP contribution in [0.4, 0.5) is 0 Å². The summed E-state index contributed by atoms with van der Waals surface area (Å²) in [5, 5.41) is 0.674. The Kier molecular flexibility index (Phi) is 3.78. The lowest BCUT2D eigenvalue weighted by molar-refractivity contribution is -0.112. The van der Waals surface area contributed by atoms with E-state index in [1.165, 1.54) is 0 Å². The third kappa shape index (κ3) is 2.77. The Morgan fingerprint density at radius 3 is 2.56 bits per heavy atom. The molecule has 0 radical (unpaired) electrons. The summed E-state index contributed by atoms with van der Waals surface area (Å²) < 4.78 is 0. The van der Waals surface area contributed by atoms with E-state index in [0.29, 0.717) is 11.4 Å². The Hall–Kier alpha value is -1.67. The number of benzene rings is 1. The topological polar surface area (TPSA) is 30.0 Å². The second-order valence-corrected chi connectivity index (χ2v) is 5.02. The van der Waals surface area contributed by atoms with Gasteiger partial charge in [0, 0.05) is 17.4 Å². The molecule has 0 saturated heterocycles. The Labute approximate surface area is 112 Å². The summed E-state index contributed by atoms with van der Waals surface area (Å²) in [5.74, 6) is 0. The molecule has 0 amide bonds. The van der Waals surface area contributed by atoms with Crippen LogP contribution in [0.15, 0.2) is 48.8 Å². The molecule has 0 aliphatic carbocycles. The number of pyridine rings is 1. The molecule has 0 aliphatic heterocycles. The molecule has 92 valence electrons. The number of aldehydes is 1. The monoisotopic (exact) mass is 259 g/mol. The van der Waals surface area contributed by atoms with Gasteiger partial charge in [0.15, 0.2) is 0 Å². The molecule has 2 aromatic rings. The number of aromatic nitrogens is 1. The van der Waals surface area contributed by atoms with Gasteiger partial charge >= 0.3 is 0 Å². The van der Waals surface area contributed by atoms with Crippen LogP contribution in [0.3, 0.4) is 0 Å². The van der Waals surface area contributed by atoms with Crippen LogP contribution in [-0.4, -0.2) is 11.3 Å². The summed E-state index contributed by atoms with van der Waals surface area (Å²) in [4.78, 5) is 15.5. The lowest BCUT2D eigenvalue weighted by Gasteiger charge is -2.23. The number of nitrogens with zero attached hydrogens (tertiary/aromatic N) is 1. The van der Waals surface area contributed by atoms with Crippen LogP contribution < -0.4 is 0 Å². The Bertz CT molecular complexity index is 524. The number of carbonyl (C=O) groups is 1. The Balaban J connectivity index is 2.30. The van der Waals surface area contributed by atoms with Crippen molar-refractivity contribution in [3.63, 3.8) is 0 Å². The summed E-state index contributed by atoms with van der Waals surface area (Å²) in [5.41, 5.74) is 1.46. The molecule has 0 bridgehead atoms. The van der Waals surface area contributed by atoms with E-state index in [1.807, 2.05) is 43.3 Å². The Morgan fingerprint density at radius 1 is 1.28 bits per heavy atom. The van der Waals surface area contributed by atoms with Crippen molar-refractivity contribution in [1.82, 2.24) is 4.98 Å². The fourth-order valence-electron chi connectivity index (χ4n) is 1.97. The minimum Gasteiger partial charge on any atom is -0.302 e. The van der Waals surface area contributed by atoms with E-state index >= 15 is 0 Å². The average molecular weight is 260 g/mol. The summed E-state index contributed by atoms with van der Waals surface area (Å²) >= 11 is 5.87. The molecule has 1 aromatic heterocycles. The van der Waals surface area contributed by atoms with Gasteiger partial charge in [-0.3, -0.25) is 4.98 Å². The zero-order valence-electron chi connectivity index (χ0n) is 10.1. The van der Waals surface area contributed by atoms with Crippen molar-refractivity contribution in [2.24, 2.45) is 0 Å². The first-order valence-electron chi connectivity index (χ1n) is 5.75. The van der Waals surface area contributed by atoms with Gasteiger partial charge in [-0.15, -0.1) is 0 Å². The van der Waals surface area contributed by atoms with Crippen LogP contribution in [0.2, 0.25) is 5.02 Å². The molecule has 2 nitrogen and oxygen atoms in total. The summed E-state index contributed by atoms with van der Waals surface area (Å²) in [7, 11) is 0. The van der Waals surface area contributed by atoms with Crippen molar-refractivity contribution in [1.29, 1.82) is 0 Å². The third-order valence-corrected chi connectivity index (χ3v) is 3.31. The van der Waals surface area contributed by atoms with Crippen LogP contribution in [0, 0.1) is 0 Å². The fraction of sp³-hybridized carbons (Fsp3) is 0.200. The zero-order valence-corrected chi connectivity index (χ0v) is 10.9. The van der Waals surface area contributed by atoms with E-state index in [9.17, 15) is 4.79 Å². The molecule has 2 rings (SSSR count). The maximum absolute atomic E-state index is 11.5. The molecule has 18 heavy (non-hydrogen) atoms. The van der Waals surface area contributed by atoms with Gasteiger partial charge in [0.05, 0.1) is 5.41 Å². The van der Waals surface area contributed by atoms with Crippen LogP contribution in [0.1, 0.15) is 18.1 Å². The number of hydrogen-bond donors (Lipinski definition) is 0. The molecule has 0 fully saturated rings. The molecule has 0 aliphatic rings. The van der Waals surface area contributed by atoms with Crippen LogP contribution >= 0.6 is 11.6 Å². The molecule has 1 unspecified atom stereocenters. The summed E-state index contributed by atoms with van der Waals surface area (Å²) in [6.07, 6.45) is 5.14. The van der Waals surface area contributed by atoms with Gasteiger partial charge in [-0.1, -0.05) is 29.8 Å². The molecule has 0 N–H and O–H groups in total. The number of rotatable bonds is 4. The van der Waals surface area contributed by atoms with Crippen molar-refractivity contribution in [2.45, 2.75) is 18.8 Å². The van der Waals surface area contributed by atoms with Gasteiger partial charge in [0.25, 0.3) is 0 Å². The number of hydrogen-bond acceptors (Lipinski definition) is 2. The van der Waals surface area contributed by atoms with Gasteiger partial charge in [0.2, 0.25) is 0 Å². The van der Waals surface area contributed by atoms with Crippen molar-refractivity contribution in [2.75, 3.05) is 0 Å². The van der Waals surface area contributed by atoms with Gasteiger partial charge < -0.3 is 4.79 Å². The molecule has 3 heteroatoms. The lowest BCUT2D eigenvalue weighted by atomic mass is 9.79. The highest BCUT2D eigenvalue weighted by molar-refractivity contribution is 6.30. The van der Waals surface area contributed by atoms with Crippen molar-refractivity contribution in [3.05, 3.63) is 64.9 Å². The van der Waals surface area contributed by atoms with Crippen molar-refractivity contribution < 1.29 is 4.79 Å². The molecular formula is C15H14ClNO. The first-order chi connectivity index (χ1) is 8.64. The minimum atomic E-state index is -0.548. The highest BCUT2D eigenvalue weighted by atomic mass is 35.5. The number of carbonyl (C=O) groups excluding carboxylic acids is 1. The standard InChI is InChI=1S/C15H14ClNO/c1-15(11-18,9-12-3-2-8-17-10-12)13-4-6-14(16)7-5-13/h2-8,10-11H,9H2,1H3. The van der Waals surface area contributed by atoms with Crippen LogP contribution in [0.25, 0.3) is 0 Å². The highest BCUT2D eigenvalue weighted by Gasteiger charge is 2.26. The third-order valence-electron chi connectivity index (χ3n) is 3.06. The Morgan fingerprint density at radius 2 is 2.00 bits per heavy atom. The summed E-state index contributed by atoms with van der Waals surface area (Å²) in [6, 6.07) is 11.3. The van der Waals surface area contributed by atoms with E-state index in [2.05, 4.69) is 4.98 Å². The first kappa shape index (κ1) is 12.8. The largest absolute Gasteiger partial charge is 0.302 e. The molecule has 0 spiro atoms. The van der Waals surface area contributed by atoms with E-state index in [1.54, 1.807) is 12.4 Å². The van der Waals surface area contributed by atoms with Crippen molar-refractivity contribution in [3.8, 4) is 0 Å². The molecular weight excluding hydrogens is 246 g/mol. The van der Waals surface area contributed by atoms with Gasteiger partial charge in [0.1, 0.15) is 6.29 Å². The molecule has 1 aromatic carbocycles. The lowest BCUT2D eigenvalue weighted by Crippen LogP contribution is -2.26. The van der Waals surface area contributed by atoms with E-state index < -0.39 is 5.41 Å². The van der Waals surface area contributed by atoms with Gasteiger partial charge in [-0.25, -0.2) is 0 Å². The SMILES string of the molecule is CC(C=O)(Cc1cccnc1)c1ccc(Cl)cc1. The first-order valence-corrected chi connectivity index (χ1v) is 6.13. The van der Waals surface area contributed by atoms with E-state index in [0.717, 1.165) is 17.4 Å². The zero-order chi connectivity index (χ0) is 13.0. The molecule has 1 atom stereocenters. The van der Waals surface area contributed by atoms with E-state index in [-0.39, 0.29) is 0 Å². The number of halogens is 1. The minimum absolute atomic E-state index is 0.548. The molecule has 1 heterocycles. The van der Waals surface area contributed by atoms with Gasteiger partial charge in [-0.05, 0) is 42.7 Å². The average Bonchev–Trinajstić information content (AvgIpc) is 2.40. The second-order valence-electron chi connectivity index (χ2n) is 4.58. The van der Waals surface area contributed by atoms with E-state index in [4.69, 9.17) is 11.6 Å². The molecule has 0 saturated carbocycles. The maximum Gasteiger partial charge on any atom is 0.130 e. The maximum atomic E-state index is 11.5. The second kappa shape index (κ2) is 5.32. The van der Waals surface area contributed by atoms with Crippen molar-refractivity contribution >= 4 is 17.9 Å². The highest BCUT2D eigenvalue weighted by Crippen LogP contribution is 2.27. The fourth-order valence-corrected chi connectivity index (χ4v) is 2.10. The summed E-state index contributed by atoms with van der Waals surface area (Å²) in [6.45, 7) is 1.93. The quantitative estimate of drug-likeness (QED) is 0.788.